The van der Waals surface area contributed by atoms with Crippen LogP contribution in [0.25, 0.3) is 0 Å². The minimum Gasteiger partial charge on any atom is -0.496 e. The number of piperazine rings is 1. The van der Waals surface area contributed by atoms with E-state index < -0.39 is 11.7 Å². The molecule has 0 radical (unpaired) electrons. The van der Waals surface area contributed by atoms with E-state index in [0.29, 0.717) is 37.8 Å². The number of methoxy groups -OCH3 is 1. The average Bonchev–Trinajstić information content (AvgIpc) is 2.68. The Morgan fingerprint density at radius 2 is 1.96 bits per heavy atom. The molecule has 2 N–H and O–H groups in total. The zero-order chi connectivity index (χ0) is 20.1. The molecule has 9 heteroatoms. The van der Waals surface area contributed by atoms with Crippen LogP contribution in [0.2, 0.25) is 0 Å². The molecule has 2 aliphatic heterocycles. The Kier molecular flexibility index (Phi) is 6.61. The Morgan fingerprint density at radius 3 is 2.61 bits per heavy atom. The summed E-state index contributed by atoms with van der Waals surface area (Å²) in [6.45, 7) is 4.66. The van der Waals surface area contributed by atoms with Gasteiger partial charge in [-0.1, -0.05) is 17.7 Å². The van der Waals surface area contributed by atoms with Gasteiger partial charge < -0.3 is 20.3 Å². The number of rotatable bonds is 6. The molecular formula is C19H24ClF3N4O. The Bertz CT molecular complexity index is 743. The van der Waals surface area contributed by atoms with Gasteiger partial charge in [-0.05, 0) is 18.2 Å². The summed E-state index contributed by atoms with van der Waals surface area (Å²) in [5.74, 6) is -0.143. The zero-order valence-electron chi connectivity index (χ0n) is 15.7. The number of halogens is 4. The monoisotopic (exact) mass is 416 g/mol. The first kappa shape index (κ1) is 20.7. The molecule has 28 heavy (non-hydrogen) atoms. The maximum atomic E-state index is 13.6. The van der Waals surface area contributed by atoms with E-state index >= 15 is 0 Å². The van der Waals surface area contributed by atoms with Crippen LogP contribution in [0, 0.1) is 0 Å². The molecule has 0 saturated carbocycles. The number of hydrogen-bond acceptors (Lipinski definition) is 5. The van der Waals surface area contributed by atoms with Gasteiger partial charge in [-0.3, -0.25) is 4.90 Å². The van der Waals surface area contributed by atoms with Crippen molar-refractivity contribution in [2.75, 3.05) is 57.8 Å². The summed E-state index contributed by atoms with van der Waals surface area (Å²) in [7, 11) is 1.26. The Hall–Kier alpha value is -2.06. The van der Waals surface area contributed by atoms with E-state index in [-0.39, 0.29) is 11.4 Å². The lowest BCUT2D eigenvalue weighted by atomic mass is 10.1. The van der Waals surface area contributed by atoms with Gasteiger partial charge in [0.25, 0.3) is 0 Å². The van der Waals surface area contributed by atoms with Crippen molar-refractivity contribution >= 4 is 17.3 Å². The van der Waals surface area contributed by atoms with Crippen molar-refractivity contribution in [2.24, 2.45) is 0 Å². The van der Waals surface area contributed by atoms with Gasteiger partial charge in [0.15, 0.2) is 0 Å². The number of nitrogens with zero attached hydrogens (tertiary/aromatic N) is 2. The van der Waals surface area contributed by atoms with Gasteiger partial charge in [-0.2, -0.15) is 13.2 Å². The number of dihydropyridines is 1. The van der Waals surface area contributed by atoms with Crippen LogP contribution >= 0.6 is 11.6 Å². The van der Waals surface area contributed by atoms with Crippen molar-refractivity contribution in [3.63, 3.8) is 0 Å². The van der Waals surface area contributed by atoms with Crippen LogP contribution < -0.4 is 20.3 Å². The van der Waals surface area contributed by atoms with E-state index in [2.05, 4.69) is 15.5 Å². The molecule has 154 valence electrons. The lowest BCUT2D eigenvalue weighted by molar-refractivity contribution is -0.138. The maximum Gasteiger partial charge on any atom is 0.421 e. The fraction of sp³-hybridized carbons (Fsp3) is 0.474. The molecule has 2 aliphatic rings. The van der Waals surface area contributed by atoms with Gasteiger partial charge in [-0.15, -0.1) is 0 Å². The summed E-state index contributed by atoms with van der Waals surface area (Å²) in [6.07, 6.45) is -0.714. The first-order valence-electron chi connectivity index (χ1n) is 9.15. The molecule has 1 saturated heterocycles. The summed E-state index contributed by atoms with van der Waals surface area (Å²) in [5, 5.41) is 7.08. The second-order valence-electron chi connectivity index (χ2n) is 6.63. The third kappa shape index (κ3) is 4.86. The smallest absolute Gasteiger partial charge is 0.421 e. The fourth-order valence-electron chi connectivity index (χ4n) is 3.42. The number of benzene rings is 1. The largest absolute Gasteiger partial charge is 0.496 e. The second kappa shape index (κ2) is 8.96. The summed E-state index contributed by atoms with van der Waals surface area (Å²) >= 11 is 6.14. The van der Waals surface area contributed by atoms with Crippen molar-refractivity contribution in [3.8, 4) is 5.75 Å². The van der Waals surface area contributed by atoms with Gasteiger partial charge >= 0.3 is 6.18 Å². The first-order chi connectivity index (χ1) is 13.4. The molecule has 0 aliphatic carbocycles. The summed E-state index contributed by atoms with van der Waals surface area (Å²) in [6, 6.07) is 4.46. The Balaban J connectivity index is 1.56. The molecule has 0 amide bonds. The minimum atomic E-state index is -4.46. The summed E-state index contributed by atoms with van der Waals surface area (Å²) < 4.78 is 45.6. The van der Waals surface area contributed by atoms with Crippen LogP contribution in [-0.2, 0) is 6.18 Å². The van der Waals surface area contributed by atoms with Gasteiger partial charge in [0, 0.05) is 52.0 Å². The van der Waals surface area contributed by atoms with Gasteiger partial charge in [-0.25, -0.2) is 0 Å². The number of nitrogens with one attached hydrogen (secondary N) is 2. The van der Waals surface area contributed by atoms with Gasteiger partial charge in [0.1, 0.15) is 11.3 Å². The molecule has 0 spiro atoms. The highest BCUT2D eigenvalue weighted by Gasteiger charge is 2.38. The predicted octanol–water partition coefficient (Wildman–Crippen LogP) is 2.99. The predicted molar refractivity (Wildman–Crippen MR) is 105 cm³/mol. The zero-order valence-corrected chi connectivity index (χ0v) is 16.4. The molecule has 5 nitrogen and oxygen atoms in total. The Labute approximate surface area is 167 Å². The topological polar surface area (TPSA) is 39.8 Å². The van der Waals surface area contributed by atoms with Crippen LogP contribution in [-0.4, -0.2) is 57.8 Å². The minimum absolute atomic E-state index is 0.143. The molecule has 1 fully saturated rings. The lowest BCUT2D eigenvalue weighted by Gasteiger charge is -2.37. The number of alkyl halides is 3. The number of allylic oxidation sites excluding steroid dienone is 1. The van der Waals surface area contributed by atoms with E-state index in [4.69, 9.17) is 16.3 Å². The third-order valence-electron chi connectivity index (χ3n) is 4.87. The third-order valence-corrected chi connectivity index (χ3v) is 5.22. The molecule has 0 unspecified atom stereocenters. The molecular weight excluding hydrogens is 393 g/mol. The summed E-state index contributed by atoms with van der Waals surface area (Å²) in [4.78, 5) is 4.01. The van der Waals surface area contributed by atoms with E-state index in [1.807, 2.05) is 12.3 Å². The molecule has 2 heterocycles. The Morgan fingerprint density at radius 1 is 1.21 bits per heavy atom. The molecule has 0 bridgehead atoms. The lowest BCUT2D eigenvalue weighted by Crippen LogP contribution is -2.48. The van der Waals surface area contributed by atoms with E-state index in [1.54, 1.807) is 11.0 Å². The van der Waals surface area contributed by atoms with E-state index in [1.165, 1.54) is 19.2 Å². The van der Waals surface area contributed by atoms with Crippen LogP contribution in [0.5, 0.6) is 5.75 Å². The van der Waals surface area contributed by atoms with Gasteiger partial charge in [0.05, 0.1) is 23.5 Å². The highest BCUT2D eigenvalue weighted by Crippen LogP contribution is 2.42. The number of hydrogen-bond donors (Lipinski definition) is 2. The van der Waals surface area contributed by atoms with Crippen LogP contribution in [0.3, 0.4) is 0 Å². The first-order valence-corrected chi connectivity index (χ1v) is 9.53. The SMILES string of the molecule is COc1cccc(N2CCN(CCNC3=CNCC=C3Cl)CC2)c1C(F)(F)F. The quantitative estimate of drug-likeness (QED) is 0.746. The standard InChI is InChI=1S/C19H24ClF3N4O/c1-28-17-4-2-3-16(18(17)19(21,22)23)27-11-9-26(10-12-27)8-7-25-15-13-24-6-5-14(15)20/h2-5,13,24-25H,6-12H2,1H3. The van der Waals surface area contributed by atoms with E-state index in [9.17, 15) is 13.2 Å². The van der Waals surface area contributed by atoms with Crippen molar-refractivity contribution in [1.29, 1.82) is 0 Å². The molecule has 0 aromatic heterocycles. The van der Waals surface area contributed by atoms with Crippen molar-refractivity contribution in [3.05, 3.63) is 46.8 Å². The maximum absolute atomic E-state index is 13.6. The van der Waals surface area contributed by atoms with Gasteiger partial charge in [0.2, 0.25) is 0 Å². The van der Waals surface area contributed by atoms with E-state index in [0.717, 1.165) is 18.8 Å². The van der Waals surface area contributed by atoms with Crippen molar-refractivity contribution in [1.82, 2.24) is 15.5 Å². The van der Waals surface area contributed by atoms with Crippen LogP contribution in [0.15, 0.2) is 41.2 Å². The van der Waals surface area contributed by atoms with Crippen molar-refractivity contribution in [2.45, 2.75) is 6.18 Å². The highest BCUT2D eigenvalue weighted by atomic mass is 35.5. The number of anilines is 1. The molecule has 0 atom stereocenters. The molecule has 3 rings (SSSR count). The summed E-state index contributed by atoms with van der Waals surface area (Å²) in [5.41, 5.74) is 0.337. The molecule has 1 aromatic rings. The second-order valence-corrected chi connectivity index (χ2v) is 7.03. The molecule has 1 aromatic carbocycles. The average molecular weight is 417 g/mol. The van der Waals surface area contributed by atoms with Crippen LogP contribution in [0.4, 0.5) is 18.9 Å². The fourth-order valence-corrected chi connectivity index (χ4v) is 3.62. The number of ether oxygens (including phenoxy) is 1. The van der Waals surface area contributed by atoms with Crippen molar-refractivity contribution < 1.29 is 17.9 Å². The van der Waals surface area contributed by atoms with Crippen LogP contribution in [0.1, 0.15) is 5.56 Å². The highest BCUT2D eigenvalue weighted by molar-refractivity contribution is 6.32. The normalized spacial score (nSPS) is 18.2.